The van der Waals surface area contributed by atoms with Crippen LogP contribution in [0.3, 0.4) is 0 Å². The number of halogens is 2. The van der Waals surface area contributed by atoms with Crippen molar-refractivity contribution in [2.75, 3.05) is 12.4 Å². The molecule has 0 spiro atoms. The number of ether oxygens (including phenoxy) is 1. The van der Waals surface area contributed by atoms with E-state index in [1.807, 2.05) is 0 Å². The monoisotopic (exact) mass is 331 g/mol. The molecule has 0 aliphatic carbocycles. The fourth-order valence-electron chi connectivity index (χ4n) is 2.10. The molecule has 1 N–H and O–H groups in total. The average molecular weight is 332 g/mol. The van der Waals surface area contributed by atoms with Crippen LogP contribution in [0.1, 0.15) is 33.1 Å². The van der Waals surface area contributed by atoms with Crippen LogP contribution in [0.4, 0.5) is 0 Å². The summed E-state index contributed by atoms with van der Waals surface area (Å²) in [4.78, 5) is 12.0. The van der Waals surface area contributed by atoms with Crippen LogP contribution in [0.15, 0.2) is 24.3 Å². The second kappa shape index (κ2) is 9.91. The lowest BCUT2D eigenvalue weighted by atomic mass is 10.0. The second-order valence-corrected chi connectivity index (χ2v) is 5.91. The van der Waals surface area contributed by atoms with E-state index in [1.54, 1.807) is 31.2 Å². The molecule has 5 heteroatoms. The number of alkyl halides is 1. The Hall–Kier alpha value is -0.930. The van der Waals surface area contributed by atoms with Crippen molar-refractivity contribution >= 4 is 29.1 Å². The van der Waals surface area contributed by atoms with Crippen LogP contribution in [0.25, 0.3) is 0 Å². The molecule has 0 saturated carbocycles. The van der Waals surface area contributed by atoms with Gasteiger partial charge in [0.05, 0.1) is 0 Å². The Kier molecular flexibility index (Phi) is 8.55. The predicted molar refractivity (Wildman–Crippen MR) is 88.3 cm³/mol. The van der Waals surface area contributed by atoms with Gasteiger partial charge >= 0.3 is 0 Å². The molecular weight excluding hydrogens is 309 g/mol. The number of benzene rings is 1. The molecule has 0 aliphatic heterocycles. The summed E-state index contributed by atoms with van der Waals surface area (Å²) in [5, 5.41) is 3.52. The highest BCUT2D eigenvalue weighted by Gasteiger charge is 2.16. The molecule has 1 rings (SSSR count). The van der Waals surface area contributed by atoms with Gasteiger partial charge in [0.1, 0.15) is 5.75 Å². The fraction of sp³-hybridized carbons (Fsp3) is 0.562. The molecule has 0 aliphatic rings. The van der Waals surface area contributed by atoms with E-state index in [1.165, 1.54) is 0 Å². The third-order valence-electron chi connectivity index (χ3n) is 3.26. The van der Waals surface area contributed by atoms with Crippen LogP contribution in [0.5, 0.6) is 5.75 Å². The van der Waals surface area contributed by atoms with Crippen LogP contribution >= 0.6 is 23.2 Å². The van der Waals surface area contributed by atoms with Gasteiger partial charge in [0.25, 0.3) is 5.91 Å². The number of nitrogens with one attached hydrogen (secondary N) is 1. The molecule has 0 heterocycles. The molecule has 1 aromatic rings. The number of hydrogen-bond donors (Lipinski definition) is 1. The van der Waals surface area contributed by atoms with Gasteiger partial charge in [0.2, 0.25) is 0 Å². The van der Waals surface area contributed by atoms with Crippen molar-refractivity contribution in [2.24, 2.45) is 5.92 Å². The van der Waals surface area contributed by atoms with Crippen LogP contribution in [-0.2, 0) is 4.79 Å². The Labute approximate surface area is 137 Å². The SMILES string of the molecule is CCCC(CCCl)CNC(=O)C(C)Oc1cccc(Cl)c1. The number of hydrogen-bond acceptors (Lipinski definition) is 2. The molecule has 2 unspecified atom stereocenters. The van der Waals surface area contributed by atoms with Gasteiger partial charge in [-0.1, -0.05) is 31.0 Å². The molecule has 0 radical (unpaired) electrons. The summed E-state index contributed by atoms with van der Waals surface area (Å²) in [6.07, 6.45) is 2.52. The maximum atomic E-state index is 12.0. The lowest BCUT2D eigenvalue weighted by molar-refractivity contribution is -0.127. The lowest BCUT2D eigenvalue weighted by Gasteiger charge is -2.18. The van der Waals surface area contributed by atoms with Crippen LogP contribution in [0.2, 0.25) is 5.02 Å². The van der Waals surface area contributed by atoms with Crippen molar-refractivity contribution in [3.63, 3.8) is 0 Å². The van der Waals surface area contributed by atoms with Gasteiger partial charge in [-0.15, -0.1) is 11.6 Å². The number of amides is 1. The summed E-state index contributed by atoms with van der Waals surface area (Å²) in [6, 6.07) is 7.03. The Balaban J connectivity index is 2.43. The molecule has 21 heavy (non-hydrogen) atoms. The topological polar surface area (TPSA) is 38.3 Å². The predicted octanol–water partition coefficient (Wildman–Crippen LogP) is 4.27. The smallest absolute Gasteiger partial charge is 0.260 e. The number of carbonyl (C=O) groups excluding carboxylic acids is 1. The maximum absolute atomic E-state index is 12.0. The fourth-order valence-corrected chi connectivity index (χ4v) is 2.59. The minimum Gasteiger partial charge on any atom is -0.481 e. The Morgan fingerprint density at radius 2 is 2.14 bits per heavy atom. The van der Waals surface area contributed by atoms with Gasteiger partial charge in [-0.25, -0.2) is 0 Å². The van der Waals surface area contributed by atoms with Crippen LogP contribution in [0, 0.1) is 5.92 Å². The first-order valence-corrected chi connectivity index (χ1v) is 8.24. The summed E-state index contributed by atoms with van der Waals surface area (Å²) in [5.74, 6) is 1.52. The van der Waals surface area contributed by atoms with E-state index in [-0.39, 0.29) is 5.91 Å². The highest BCUT2D eigenvalue weighted by Crippen LogP contribution is 2.18. The Morgan fingerprint density at radius 3 is 2.76 bits per heavy atom. The van der Waals surface area contributed by atoms with Crippen molar-refractivity contribution in [3.8, 4) is 5.75 Å². The molecule has 1 aromatic carbocycles. The largest absolute Gasteiger partial charge is 0.481 e. The zero-order chi connectivity index (χ0) is 15.7. The minimum absolute atomic E-state index is 0.120. The van der Waals surface area contributed by atoms with Crippen molar-refractivity contribution in [1.29, 1.82) is 0 Å². The van der Waals surface area contributed by atoms with Crippen molar-refractivity contribution in [3.05, 3.63) is 29.3 Å². The van der Waals surface area contributed by atoms with Crippen LogP contribution < -0.4 is 10.1 Å². The molecule has 0 aromatic heterocycles. The highest BCUT2D eigenvalue weighted by molar-refractivity contribution is 6.30. The van der Waals surface area contributed by atoms with Gasteiger partial charge in [0.15, 0.2) is 6.10 Å². The molecule has 2 atom stereocenters. The molecule has 3 nitrogen and oxygen atoms in total. The van der Waals surface area contributed by atoms with Gasteiger partial charge in [0, 0.05) is 17.4 Å². The summed E-state index contributed by atoms with van der Waals surface area (Å²) >= 11 is 11.7. The summed E-state index contributed by atoms with van der Waals surface area (Å²) < 4.78 is 5.59. The Morgan fingerprint density at radius 1 is 1.38 bits per heavy atom. The number of carbonyl (C=O) groups is 1. The normalized spacial score (nSPS) is 13.5. The zero-order valence-corrected chi connectivity index (χ0v) is 14.1. The first-order valence-electron chi connectivity index (χ1n) is 7.32. The van der Waals surface area contributed by atoms with Crippen molar-refractivity contribution in [2.45, 2.75) is 39.2 Å². The van der Waals surface area contributed by atoms with E-state index < -0.39 is 6.10 Å². The van der Waals surface area contributed by atoms with Gasteiger partial charge in [-0.3, -0.25) is 4.79 Å². The van der Waals surface area contributed by atoms with Gasteiger partial charge < -0.3 is 10.1 Å². The van der Waals surface area contributed by atoms with Crippen molar-refractivity contribution in [1.82, 2.24) is 5.32 Å². The summed E-state index contributed by atoms with van der Waals surface area (Å²) in [5.41, 5.74) is 0. The Bertz CT molecular complexity index is 434. The first-order chi connectivity index (χ1) is 10.1. The molecule has 0 fully saturated rings. The maximum Gasteiger partial charge on any atom is 0.260 e. The standard InChI is InChI=1S/C16H23Cl2NO2/c1-3-5-13(8-9-17)11-19-16(20)12(2)21-15-7-4-6-14(18)10-15/h4,6-7,10,12-13H,3,5,8-9,11H2,1-2H3,(H,19,20). The highest BCUT2D eigenvalue weighted by atomic mass is 35.5. The molecular formula is C16H23Cl2NO2. The third kappa shape index (κ3) is 7.05. The lowest BCUT2D eigenvalue weighted by Crippen LogP contribution is -2.39. The van der Waals surface area contributed by atoms with Gasteiger partial charge in [-0.05, 0) is 43.9 Å². The van der Waals surface area contributed by atoms with E-state index in [0.717, 1.165) is 19.3 Å². The molecule has 0 bridgehead atoms. The summed E-state index contributed by atoms with van der Waals surface area (Å²) in [7, 11) is 0. The zero-order valence-electron chi connectivity index (χ0n) is 12.6. The van der Waals surface area contributed by atoms with E-state index in [2.05, 4.69) is 12.2 Å². The van der Waals surface area contributed by atoms with E-state index in [4.69, 9.17) is 27.9 Å². The van der Waals surface area contributed by atoms with E-state index in [9.17, 15) is 4.79 Å². The first kappa shape index (κ1) is 18.1. The quantitative estimate of drug-likeness (QED) is 0.686. The second-order valence-electron chi connectivity index (χ2n) is 5.09. The third-order valence-corrected chi connectivity index (χ3v) is 3.71. The number of rotatable bonds is 9. The van der Waals surface area contributed by atoms with Crippen molar-refractivity contribution < 1.29 is 9.53 Å². The summed E-state index contributed by atoms with van der Waals surface area (Å²) in [6.45, 7) is 4.50. The molecule has 118 valence electrons. The minimum atomic E-state index is -0.554. The van der Waals surface area contributed by atoms with Gasteiger partial charge in [-0.2, -0.15) is 0 Å². The van der Waals surface area contributed by atoms with Crippen LogP contribution in [-0.4, -0.2) is 24.4 Å². The van der Waals surface area contributed by atoms with E-state index in [0.29, 0.717) is 29.1 Å². The molecule has 0 saturated heterocycles. The molecule has 1 amide bonds. The van der Waals surface area contributed by atoms with E-state index >= 15 is 0 Å². The average Bonchev–Trinajstić information content (AvgIpc) is 2.45.